The van der Waals surface area contributed by atoms with E-state index in [1.54, 1.807) is 0 Å². The summed E-state index contributed by atoms with van der Waals surface area (Å²) in [7, 11) is 2.25. The van der Waals surface area contributed by atoms with Crippen molar-refractivity contribution in [3.05, 3.63) is 81.9 Å². The maximum Gasteiger partial charge on any atom is 0.0178 e. The van der Waals surface area contributed by atoms with Crippen molar-refractivity contribution in [3.63, 3.8) is 0 Å². The lowest BCUT2D eigenvalue weighted by Crippen LogP contribution is -2.30. The maximum atomic E-state index is 2.35. The number of benzene rings is 3. The Hall–Kier alpha value is -2.68. The van der Waals surface area contributed by atoms with Crippen molar-refractivity contribution in [1.82, 2.24) is 0 Å². The van der Waals surface area contributed by atoms with E-state index >= 15 is 0 Å². The van der Waals surface area contributed by atoms with E-state index in [1.807, 2.05) is 0 Å². The molecule has 0 aliphatic carbocycles. The Morgan fingerprint density at radius 3 is 1.22 bits per heavy atom. The summed E-state index contributed by atoms with van der Waals surface area (Å²) in [5.74, 6) is 0. The monoisotopic (exact) mass is 353 g/mol. The van der Waals surface area contributed by atoms with Crippen molar-refractivity contribution in [1.29, 1.82) is 0 Å². The molecule has 1 heterocycles. The number of anilines is 4. The summed E-state index contributed by atoms with van der Waals surface area (Å²) < 4.78 is 0. The molecule has 3 aromatic rings. The van der Waals surface area contributed by atoms with Gasteiger partial charge in [-0.05, 0) is 75.9 Å². The lowest BCUT2D eigenvalue weighted by atomic mass is 9.95. The Bertz CT molecular complexity index is 910. The predicted molar refractivity (Wildman–Crippen MR) is 118 cm³/mol. The van der Waals surface area contributed by atoms with Crippen molar-refractivity contribution in [2.75, 3.05) is 9.62 Å². The Kier molecular flexibility index (Phi) is 4.26. The third-order valence-electron chi connectivity index (χ3n) is 5.38. The first-order valence-corrected chi connectivity index (χ1v) is 9.55. The first kappa shape index (κ1) is 17.7. The number of aryl methyl sites for hydroxylation is 6. The zero-order valence-electron chi connectivity index (χ0n) is 17.1. The fourth-order valence-electron chi connectivity index (χ4n) is 4.57. The quantitative estimate of drug-likeness (QED) is 0.495. The van der Waals surface area contributed by atoms with E-state index in [2.05, 4.69) is 107 Å². The van der Waals surface area contributed by atoms with Gasteiger partial charge in [0.15, 0.2) is 0 Å². The minimum absolute atomic E-state index is 1.23. The van der Waals surface area contributed by atoms with Crippen LogP contribution >= 0.6 is 0 Å². The van der Waals surface area contributed by atoms with E-state index in [-0.39, 0.29) is 0 Å². The first-order chi connectivity index (χ1) is 12.9. The minimum Gasteiger partial charge on any atom is -0.557 e. The van der Waals surface area contributed by atoms with E-state index in [1.165, 1.54) is 56.1 Å². The highest BCUT2D eigenvalue weighted by Gasteiger charge is 2.21. The van der Waals surface area contributed by atoms with Gasteiger partial charge in [0, 0.05) is 22.7 Å². The number of fused-ring (bicyclic) bond motifs is 1. The van der Waals surface area contributed by atoms with Crippen LogP contribution in [-0.4, -0.2) is 7.55 Å². The summed E-state index contributed by atoms with van der Waals surface area (Å²) >= 11 is 0. The lowest BCUT2D eigenvalue weighted by Gasteiger charge is -2.40. The smallest absolute Gasteiger partial charge is 0.0178 e. The predicted octanol–water partition coefficient (Wildman–Crippen LogP) is 6.36. The molecule has 3 aromatic carbocycles. The van der Waals surface area contributed by atoms with Crippen molar-refractivity contribution in [2.24, 2.45) is 0 Å². The molecule has 136 valence electrons. The van der Waals surface area contributed by atoms with Crippen molar-refractivity contribution in [3.8, 4) is 0 Å². The second kappa shape index (κ2) is 6.49. The lowest BCUT2D eigenvalue weighted by molar-refractivity contribution is 1.26. The molecule has 0 fully saturated rings. The van der Waals surface area contributed by atoms with Gasteiger partial charge in [-0.1, -0.05) is 55.1 Å². The molecule has 0 saturated carbocycles. The summed E-state index contributed by atoms with van der Waals surface area (Å²) in [5.41, 5.74) is 12.8. The van der Waals surface area contributed by atoms with Gasteiger partial charge in [0.1, 0.15) is 0 Å². The summed E-state index contributed by atoms with van der Waals surface area (Å²) in [6.07, 6.45) is 0. The highest BCUT2D eigenvalue weighted by atomic mass is 15.3. The molecule has 3 heteroatoms. The van der Waals surface area contributed by atoms with Gasteiger partial charge >= 0.3 is 0 Å². The molecule has 1 aliphatic heterocycles. The van der Waals surface area contributed by atoms with Crippen LogP contribution in [0.15, 0.2) is 48.5 Å². The summed E-state index contributed by atoms with van der Waals surface area (Å²) in [4.78, 5) is 4.69. The van der Waals surface area contributed by atoms with Crippen molar-refractivity contribution in [2.45, 2.75) is 41.5 Å². The average molecular weight is 353 g/mol. The van der Waals surface area contributed by atoms with Crippen LogP contribution in [0.5, 0.6) is 0 Å². The third kappa shape index (κ3) is 2.91. The van der Waals surface area contributed by atoms with Gasteiger partial charge in [-0.15, -0.1) is 0 Å². The number of hydrogen-bond donors (Lipinski definition) is 0. The van der Waals surface area contributed by atoms with Gasteiger partial charge in [0.2, 0.25) is 0 Å². The highest BCUT2D eigenvalue weighted by Crippen LogP contribution is 2.46. The van der Waals surface area contributed by atoms with E-state index in [0.29, 0.717) is 0 Å². The standard InChI is InChI=1S/C24H26BN2/c1-15-11-17(3)23(18(4)12-15)26-21-9-7-8-10-22(21)27(25-26)24-19(5)13-16(2)14-20(24)6/h7-14H,1-6H3/q-1. The molecule has 27 heavy (non-hydrogen) atoms. The van der Waals surface area contributed by atoms with Crippen LogP contribution in [0.2, 0.25) is 0 Å². The molecule has 0 bridgehead atoms. The van der Waals surface area contributed by atoms with Gasteiger partial charge in [-0.25, -0.2) is 0 Å². The Labute approximate surface area is 163 Å². The highest BCUT2D eigenvalue weighted by molar-refractivity contribution is 6.55. The van der Waals surface area contributed by atoms with Gasteiger partial charge in [0.25, 0.3) is 0 Å². The number of para-hydroxylation sites is 2. The second-order valence-electron chi connectivity index (χ2n) is 7.84. The van der Waals surface area contributed by atoms with Crippen LogP contribution in [0.25, 0.3) is 0 Å². The molecule has 0 amide bonds. The molecule has 2 nitrogen and oxygen atoms in total. The fourth-order valence-corrected chi connectivity index (χ4v) is 4.57. The van der Waals surface area contributed by atoms with Crippen molar-refractivity contribution < 1.29 is 0 Å². The van der Waals surface area contributed by atoms with Crippen LogP contribution in [-0.2, 0) is 0 Å². The first-order valence-electron chi connectivity index (χ1n) is 9.55. The van der Waals surface area contributed by atoms with Crippen LogP contribution in [0.3, 0.4) is 0 Å². The van der Waals surface area contributed by atoms with Gasteiger partial charge in [-0.3, -0.25) is 0 Å². The molecule has 2 radical (unpaired) electrons. The largest absolute Gasteiger partial charge is 0.557 e. The number of nitrogens with zero attached hydrogens (tertiary/aromatic N) is 2. The maximum absolute atomic E-state index is 2.35. The zero-order chi connectivity index (χ0) is 19.3. The minimum atomic E-state index is 1.23. The normalized spacial score (nSPS) is 13.3. The molecule has 0 saturated heterocycles. The molecule has 0 aromatic heterocycles. The summed E-state index contributed by atoms with van der Waals surface area (Å²) in [6.45, 7) is 13.1. The molecule has 4 rings (SSSR count). The van der Waals surface area contributed by atoms with E-state index in [0.717, 1.165) is 0 Å². The molecular formula is C24H26BN2-. The summed E-state index contributed by atoms with van der Waals surface area (Å²) in [6, 6.07) is 17.7. The molecule has 0 atom stereocenters. The van der Waals surface area contributed by atoms with Crippen LogP contribution in [0.4, 0.5) is 22.7 Å². The second-order valence-corrected chi connectivity index (χ2v) is 7.84. The Morgan fingerprint density at radius 1 is 0.556 bits per heavy atom. The van der Waals surface area contributed by atoms with Crippen LogP contribution < -0.4 is 9.62 Å². The van der Waals surface area contributed by atoms with E-state index < -0.39 is 0 Å². The molecule has 1 aliphatic rings. The van der Waals surface area contributed by atoms with Crippen molar-refractivity contribution >= 4 is 30.3 Å². The zero-order valence-corrected chi connectivity index (χ0v) is 17.1. The Balaban J connectivity index is 1.89. The van der Waals surface area contributed by atoms with Gasteiger partial charge in [0.05, 0.1) is 0 Å². The Morgan fingerprint density at radius 2 is 0.889 bits per heavy atom. The number of hydrogen-bond acceptors (Lipinski definition) is 2. The topological polar surface area (TPSA) is 6.48 Å². The number of rotatable bonds is 2. The SMILES string of the molecule is Cc1cc(C)c(N2[B-]N(c3c(C)cc(C)cc3C)c3ccccc32)c(C)c1. The fraction of sp³-hybridized carbons (Fsp3) is 0.250. The van der Waals surface area contributed by atoms with E-state index in [4.69, 9.17) is 0 Å². The molecule has 0 N–H and O–H groups in total. The average Bonchev–Trinajstić information content (AvgIpc) is 2.93. The molecular weight excluding hydrogens is 327 g/mol. The van der Waals surface area contributed by atoms with E-state index in [9.17, 15) is 0 Å². The van der Waals surface area contributed by atoms with Crippen LogP contribution in [0.1, 0.15) is 33.4 Å². The van der Waals surface area contributed by atoms with Gasteiger partial charge < -0.3 is 9.62 Å². The molecule has 0 spiro atoms. The third-order valence-corrected chi connectivity index (χ3v) is 5.38. The molecule has 0 unspecified atom stereocenters. The van der Waals surface area contributed by atoms with Gasteiger partial charge in [-0.2, -0.15) is 0 Å². The summed E-state index contributed by atoms with van der Waals surface area (Å²) in [5, 5.41) is 0. The van der Waals surface area contributed by atoms with Crippen LogP contribution in [0, 0.1) is 41.5 Å².